The summed E-state index contributed by atoms with van der Waals surface area (Å²) in [5, 5.41) is 0. The third kappa shape index (κ3) is 2.60. The fourth-order valence-electron chi connectivity index (χ4n) is 2.11. The first-order chi connectivity index (χ1) is 7.68. The lowest BCUT2D eigenvalue weighted by Crippen LogP contribution is -2.08. The Balaban J connectivity index is 2.03. The maximum atomic E-state index is 5.71. The van der Waals surface area contributed by atoms with Gasteiger partial charge in [-0.1, -0.05) is 48.0 Å². The average Bonchev–Trinajstić information content (AvgIpc) is 2.73. The van der Waals surface area contributed by atoms with Crippen molar-refractivity contribution in [2.24, 2.45) is 5.92 Å². The Morgan fingerprint density at radius 2 is 2.19 bits per heavy atom. The van der Waals surface area contributed by atoms with Crippen molar-refractivity contribution >= 4 is 15.9 Å². The molecular weight excluding hydrogens is 264 g/mol. The highest BCUT2D eigenvalue weighted by Gasteiger charge is 2.17. The van der Waals surface area contributed by atoms with Gasteiger partial charge in [0.1, 0.15) is 5.75 Å². The molecule has 2 rings (SSSR count). The van der Waals surface area contributed by atoms with Crippen molar-refractivity contribution in [3.63, 3.8) is 0 Å². The van der Waals surface area contributed by atoms with Gasteiger partial charge in [0.15, 0.2) is 0 Å². The Hall–Kier alpha value is -0.500. The van der Waals surface area contributed by atoms with Gasteiger partial charge in [-0.3, -0.25) is 0 Å². The van der Waals surface area contributed by atoms with Gasteiger partial charge in [0.25, 0.3) is 0 Å². The Kier molecular flexibility index (Phi) is 3.91. The van der Waals surface area contributed by atoms with E-state index in [0.717, 1.165) is 25.2 Å². The molecule has 0 saturated carbocycles. The summed E-state index contributed by atoms with van der Waals surface area (Å²) in [5.74, 6) is 1.85. The molecule has 1 aromatic rings. The van der Waals surface area contributed by atoms with Crippen LogP contribution in [-0.2, 0) is 12.8 Å². The Morgan fingerprint density at radius 1 is 1.38 bits per heavy atom. The molecule has 0 saturated heterocycles. The lowest BCUT2D eigenvalue weighted by Gasteiger charge is -2.14. The van der Waals surface area contributed by atoms with Crippen LogP contribution in [0.25, 0.3) is 0 Å². The summed E-state index contributed by atoms with van der Waals surface area (Å²) in [5.41, 5.74) is 2.76. The molecule has 16 heavy (non-hydrogen) atoms. The molecule has 1 atom stereocenters. The zero-order valence-corrected chi connectivity index (χ0v) is 11.6. The number of halogens is 1. The third-order valence-electron chi connectivity index (χ3n) is 3.21. The van der Waals surface area contributed by atoms with Crippen LogP contribution in [-0.4, -0.2) is 11.4 Å². The number of rotatable bonds is 4. The number of ether oxygens (including phenoxy) is 1. The van der Waals surface area contributed by atoms with E-state index in [-0.39, 0.29) is 0 Å². The van der Waals surface area contributed by atoms with Gasteiger partial charge in [0.2, 0.25) is 0 Å². The van der Waals surface area contributed by atoms with Crippen LogP contribution in [0.4, 0.5) is 0 Å². The van der Waals surface area contributed by atoms with Gasteiger partial charge in [-0.15, -0.1) is 0 Å². The molecule has 0 fully saturated rings. The number of aryl methyl sites for hydroxylation is 1. The molecule has 0 spiro atoms. The molecule has 0 amide bonds. The van der Waals surface area contributed by atoms with E-state index < -0.39 is 0 Å². The van der Waals surface area contributed by atoms with E-state index in [1.54, 1.807) is 0 Å². The van der Waals surface area contributed by atoms with Crippen molar-refractivity contribution in [2.75, 3.05) is 6.61 Å². The van der Waals surface area contributed by atoms with Crippen molar-refractivity contribution < 1.29 is 4.74 Å². The zero-order chi connectivity index (χ0) is 11.5. The van der Waals surface area contributed by atoms with E-state index in [4.69, 9.17) is 4.74 Å². The number of hydrogen-bond donors (Lipinski definition) is 0. The van der Waals surface area contributed by atoms with Gasteiger partial charge < -0.3 is 4.74 Å². The quantitative estimate of drug-likeness (QED) is 0.760. The zero-order valence-electron chi connectivity index (χ0n) is 10.0. The second-order valence-corrected chi connectivity index (χ2v) is 5.98. The number of alkyl halides is 1. The fourth-order valence-corrected chi connectivity index (χ4v) is 2.34. The van der Waals surface area contributed by atoms with E-state index in [1.807, 2.05) is 0 Å². The highest BCUT2D eigenvalue weighted by atomic mass is 79.9. The van der Waals surface area contributed by atoms with Gasteiger partial charge in [0, 0.05) is 11.2 Å². The second-order valence-electron chi connectivity index (χ2n) is 4.80. The molecule has 1 aliphatic rings. The highest BCUT2D eigenvalue weighted by Crippen LogP contribution is 2.31. The van der Waals surface area contributed by atoms with Crippen LogP contribution >= 0.6 is 15.9 Å². The summed E-state index contributed by atoms with van der Waals surface area (Å²) in [7, 11) is 0. The van der Waals surface area contributed by atoms with E-state index in [9.17, 15) is 0 Å². The molecule has 1 aromatic carbocycles. The molecule has 1 heterocycles. The number of benzene rings is 1. The molecule has 88 valence electrons. The standard InChI is InChI=1S/C14H19BrO/c1-10(2)13(15)7-6-11-4-3-5-12-8-9-16-14(11)12/h3-5,10,13H,6-9H2,1-2H3. The normalized spacial score (nSPS) is 16.0. The lowest BCUT2D eigenvalue weighted by atomic mass is 10.00. The first-order valence-electron chi connectivity index (χ1n) is 6.06. The van der Waals surface area contributed by atoms with Crippen molar-refractivity contribution in [1.82, 2.24) is 0 Å². The Labute approximate surface area is 106 Å². The van der Waals surface area contributed by atoms with Crippen LogP contribution < -0.4 is 4.74 Å². The molecule has 1 aliphatic heterocycles. The van der Waals surface area contributed by atoms with Crippen LogP contribution in [0.5, 0.6) is 5.75 Å². The van der Waals surface area contributed by atoms with Gasteiger partial charge in [0.05, 0.1) is 6.61 Å². The van der Waals surface area contributed by atoms with Gasteiger partial charge in [-0.05, 0) is 29.9 Å². The molecule has 2 heteroatoms. The minimum atomic E-state index is 0.602. The fraction of sp³-hybridized carbons (Fsp3) is 0.571. The van der Waals surface area contributed by atoms with E-state index in [2.05, 4.69) is 48.0 Å². The van der Waals surface area contributed by atoms with Gasteiger partial charge >= 0.3 is 0 Å². The molecular formula is C14H19BrO. The van der Waals surface area contributed by atoms with E-state index in [1.165, 1.54) is 17.5 Å². The van der Waals surface area contributed by atoms with E-state index >= 15 is 0 Å². The minimum Gasteiger partial charge on any atom is -0.493 e. The molecule has 0 aromatic heterocycles. The van der Waals surface area contributed by atoms with Crippen LogP contribution in [0.3, 0.4) is 0 Å². The summed E-state index contributed by atoms with van der Waals surface area (Å²) in [6.45, 7) is 5.37. The Bertz CT molecular complexity index is 360. The number of hydrogen-bond acceptors (Lipinski definition) is 1. The molecule has 0 bridgehead atoms. The third-order valence-corrected chi connectivity index (χ3v) is 4.72. The maximum Gasteiger partial charge on any atom is 0.125 e. The van der Waals surface area contributed by atoms with Crippen LogP contribution in [0.1, 0.15) is 31.4 Å². The maximum absolute atomic E-state index is 5.71. The molecule has 0 aliphatic carbocycles. The Morgan fingerprint density at radius 3 is 2.94 bits per heavy atom. The predicted molar refractivity (Wildman–Crippen MR) is 71.5 cm³/mol. The van der Waals surface area contributed by atoms with Crippen LogP contribution in [0, 0.1) is 5.92 Å². The summed E-state index contributed by atoms with van der Waals surface area (Å²) >= 11 is 3.74. The smallest absolute Gasteiger partial charge is 0.125 e. The first kappa shape index (κ1) is 12.0. The van der Waals surface area contributed by atoms with Gasteiger partial charge in [-0.2, -0.15) is 0 Å². The SMILES string of the molecule is CC(C)C(Br)CCc1cccc2c1OCC2. The highest BCUT2D eigenvalue weighted by molar-refractivity contribution is 9.09. The number of fused-ring (bicyclic) bond motifs is 1. The monoisotopic (exact) mass is 282 g/mol. The minimum absolute atomic E-state index is 0.602. The molecule has 0 radical (unpaired) electrons. The summed E-state index contributed by atoms with van der Waals surface area (Å²) in [6, 6.07) is 6.53. The van der Waals surface area contributed by atoms with Crippen LogP contribution in [0.2, 0.25) is 0 Å². The first-order valence-corrected chi connectivity index (χ1v) is 6.97. The summed E-state index contributed by atoms with van der Waals surface area (Å²) < 4.78 is 5.71. The van der Waals surface area contributed by atoms with E-state index in [0.29, 0.717) is 10.7 Å². The van der Waals surface area contributed by atoms with Crippen molar-refractivity contribution in [1.29, 1.82) is 0 Å². The summed E-state index contributed by atoms with van der Waals surface area (Å²) in [4.78, 5) is 0.602. The number of para-hydroxylation sites is 1. The average molecular weight is 283 g/mol. The summed E-state index contributed by atoms with van der Waals surface area (Å²) in [6.07, 6.45) is 3.36. The second kappa shape index (κ2) is 5.22. The predicted octanol–water partition coefficient (Wildman–Crippen LogP) is 3.97. The molecule has 1 nitrogen and oxygen atoms in total. The molecule has 0 N–H and O–H groups in total. The topological polar surface area (TPSA) is 9.23 Å². The van der Waals surface area contributed by atoms with Crippen LogP contribution in [0.15, 0.2) is 18.2 Å². The van der Waals surface area contributed by atoms with Crippen molar-refractivity contribution in [3.8, 4) is 5.75 Å². The van der Waals surface area contributed by atoms with Gasteiger partial charge in [-0.25, -0.2) is 0 Å². The lowest BCUT2D eigenvalue weighted by molar-refractivity contribution is 0.353. The van der Waals surface area contributed by atoms with Crippen molar-refractivity contribution in [3.05, 3.63) is 29.3 Å². The largest absolute Gasteiger partial charge is 0.493 e. The molecule has 1 unspecified atom stereocenters. The van der Waals surface area contributed by atoms with Crippen molar-refractivity contribution in [2.45, 2.75) is 37.9 Å².